The second kappa shape index (κ2) is 7.92. The van der Waals surface area contributed by atoms with Gasteiger partial charge in [-0.05, 0) is 29.7 Å². The Morgan fingerprint density at radius 3 is 2.69 bits per heavy atom. The quantitative estimate of drug-likeness (QED) is 0.856. The highest BCUT2D eigenvalue weighted by atomic mass is 16.5. The van der Waals surface area contributed by atoms with Crippen LogP contribution >= 0.6 is 0 Å². The minimum Gasteiger partial charge on any atom is -0.494 e. The molecule has 136 valence electrons. The van der Waals surface area contributed by atoms with Crippen molar-refractivity contribution in [1.82, 2.24) is 10.3 Å². The Balaban J connectivity index is 1.42. The topological polar surface area (TPSA) is 36.9 Å². The molecule has 0 bridgehead atoms. The molecule has 4 heteroatoms. The zero-order valence-electron chi connectivity index (χ0n) is 15.4. The highest BCUT2D eigenvalue weighted by Crippen LogP contribution is 2.33. The summed E-state index contributed by atoms with van der Waals surface area (Å²) in [7, 11) is 0. The maximum atomic E-state index is 5.71. The monoisotopic (exact) mass is 349 g/mol. The number of nitrogens with zero attached hydrogens (tertiary/aromatic N) is 2. The van der Waals surface area contributed by atoms with E-state index in [1.54, 1.807) is 0 Å². The van der Waals surface area contributed by atoms with E-state index in [1.807, 2.05) is 0 Å². The summed E-state index contributed by atoms with van der Waals surface area (Å²) in [6.45, 7) is 6.05. The molecule has 26 heavy (non-hydrogen) atoms. The van der Waals surface area contributed by atoms with Crippen molar-refractivity contribution in [3.63, 3.8) is 0 Å². The maximum Gasteiger partial charge on any atom is 0.119 e. The molecular formula is C22H27N3O. The summed E-state index contributed by atoms with van der Waals surface area (Å²) in [4.78, 5) is 2.55. The molecule has 1 saturated heterocycles. The average Bonchev–Trinajstić information content (AvgIpc) is 3.11. The Kier molecular flexibility index (Phi) is 5.21. The van der Waals surface area contributed by atoms with Crippen LogP contribution in [0.15, 0.2) is 59.7 Å². The molecule has 2 atom stereocenters. The SMILES string of the molecule is CCCOc1ccc(C2NN=C3CCN(Cc4ccccc4)CC32)cc1. The summed E-state index contributed by atoms with van der Waals surface area (Å²) >= 11 is 0. The second-order valence-electron chi connectivity index (χ2n) is 7.20. The lowest BCUT2D eigenvalue weighted by Crippen LogP contribution is -2.41. The van der Waals surface area contributed by atoms with Gasteiger partial charge in [0.15, 0.2) is 0 Å². The van der Waals surface area contributed by atoms with Gasteiger partial charge in [0.25, 0.3) is 0 Å². The van der Waals surface area contributed by atoms with Gasteiger partial charge in [-0.25, -0.2) is 0 Å². The summed E-state index contributed by atoms with van der Waals surface area (Å²) in [6.07, 6.45) is 2.08. The molecule has 2 aromatic carbocycles. The normalized spacial score (nSPS) is 22.4. The molecular weight excluding hydrogens is 322 g/mol. The molecule has 0 spiro atoms. The van der Waals surface area contributed by atoms with Crippen LogP contribution in [0.4, 0.5) is 0 Å². The molecule has 4 rings (SSSR count). The van der Waals surface area contributed by atoms with Gasteiger partial charge in [-0.15, -0.1) is 0 Å². The number of fused-ring (bicyclic) bond motifs is 1. The van der Waals surface area contributed by atoms with Crippen molar-refractivity contribution in [2.75, 3.05) is 19.7 Å². The van der Waals surface area contributed by atoms with Crippen LogP contribution in [0.5, 0.6) is 5.75 Å². The van der Waals surface area contributed by atoms with Gasteiger partial charge in [0, 0.05) is 37.7 Å². The van der Waals surface area contributed by atoms with Crippen LogP contribution in [0.25, 0.3) is 0 Å². The fourth-order valence-electron chi connectivity index (χ4n) is 3.90. The van der Waals surface area contributed by atoms with E-state index in [0.29, 0.717) is 5.92 Å². The summed E-state index contributed by atoms with van der Waals surface area (Å²) < 4.78 is 5.71. The van der Waals surface area contributed by atoms with E-state index in [0.717, 1.165) is 44.8 Å². The third kappa shape index (κ3) is 3.75. The number of piperidine rings is 1. The molecule has 0 aliphatic carbocycles. The Morgan fingerprint density at radius 2 is 1.92 bits per heavy atom. The molecule has 0 radical (unpaired) electrons. The number of hydrogen-bond acceptors (Lipinski definition) is 4. The third-order valence-electron chi connectivity index (χ3n) is 5.28. The molecule has 2 aromatic rings. The maximum absolute atomic E-state index is 5.71. The highest BCUT2D eigenvalue weighted by molar-refractivity contribution is 5.89. The molecule has 1 fully saturated rings. The number of ether oxygens (including phenoxy) is 1. The van der Waals surface area contributed by atoms with E-state index in [1.165, 1.54) is 16.8 Å². The zero-order valence-corrected chi connectivity index (χ0v) is 15.4. The van der Waals surface area contributed by atoms with Crippen LogP contribution in [0.1, 0.15) is 36.9 Å². The minimum atomic E-state index is 0.267. The van der Waals surface area contributed by atoms with Crippen molar-refractivity contribution in [3.8, 4) is 5.75 Å². The Bertz CT molecular complexity index is 742. The molecule has 0 amide bonds. The molecule has 2 heterocycles. The lowest BCUT2D eigenvalue weighted by atomic mass is 9.86. The number of likely N-dealkylation sites (tertiary alicyclic amines) is 1. The lowest BCUT2D eigenvalue weighted by Gasteiger charge is -2.33. The van der Waals surface area contributed by atoms with Crippen LogP contribution in [0.2, 0.25) is 0 Å². The van der Waals surface area contributed by atoms with Gasteiger partial charge in [0.2, 0.25) is 0 Å². The standard InChI is InChI=1S/C22H27N3O/c1-2-14-26-19-10-8-18(9-11-19)22-20-16-25(13-12-21(20)23-24-22)15-17-6-4-3-5-7-17/h3-11,20,22,24H,2,12-16H2,1H3. The van der Waals surface area contributed by atoms with Gasteiger partial charge in [-0.2, -0.15) is 5.10 Å². The Labute approximate surface area is 155 Å². The fraction of sp³-hybridized carbons (Fsp3) is 0.409. The van der Waals surface area contributed by atoms with E-state index in [-0.39, 0.29) is 6.04 Å². The molecule has 2 aliphatic heterocycles. The van der Waals surface area contributed by atoms with Gasteiger partial charge in [-0.3, -0.25) is 4.90 Å². The zero-order chi connectivity index (χ0) is 17.8. The van der Waals surface area contributed by atoms with E-state index >= 15 is 0 Å². The highest BCUT2D eigenvalue weighted by Gasteiger charge is 2.36. The molecule has 0 aromatic heterocycles. The number of nitrogens with one attached hydrogen (secondary N) is 1. The van der Waals surface area contributed by atoms with Crippen LogP contribution in [-0.4, -0.2) is 30.3 Å². The van der Waals surface area contributed by atoms with Gasteiger partial charge >= 0.3 is 0 Å². The molecule has 2 aliphatic rings. The summed E-state index contributed by atoms with van der Waals surface area (Å²) in [5, 5.41) is 4.64. The number of rotatable bonds is 6. The number of hydrogen-bond donors (Lipinski definition) is 1. The predicted molar refractivity (Wildman–Crippen MR) is 105 cm³/mol. The largest absolute Gasteiger partial charge is 0.494 e. The van der Waals surface area contributed by atoms with E-state index in [9.17, 15) is 0 Å². The number of benzene rings is 2. The van der Waals surface area contributed by atoms with E-state index in [2.05, 4.69) is 76.9 Å². The van der Waals surface area contributed by atoms with Crippen LogP contribution in [0, 0.1) is 5.92 Å². The van der Waals surface area contributed by atoms with E-state index < -0.39 is 0 Å². The Morgan fingerprint density at radius 1 is 1.12 bits per heavy atom. The van der Waals surface area contributed by atoms with Crippen molar-refractivity contribution in [2.24, 2.45) is 11.0 Å². The van der Waals surface area contributed by atoms with Crippen LogP contribution in [0.3, 0.4) is 0 Å². The van der Waals surface area contributed by atoms with E-state index in [4.69, 9.17) is 4.74 Å². The molecule has 0 saturated carbocycles. The molecule has 4 nitrogen and oxygen atoms in total. The first kappa shape index (κ1) is 17.1. The summed E-state index contributed by atoms with van der Waals surface area (Å²) in [5.41, 5.74) is 7.38. The van der Waals surface area contributed by atoms with Crippen molar-refractivity contribution >= 4 is 5.71 Å². The first-order valence-corrected chi connectivity index (χ1v) is 9.64. The molecule has 1 N–H and O–H groups in total. The lowest BCUT2D eigenvalue weighted by molar-refractivity contribution is 0.220. The fourth-order valence-corrected chi connectivity index (χ4v) is 3.90. The number of hydrazone groups is 1. The van der Waals surface area contributed by atoms with Gasteiger partial charge in [0.05, 0.1) is 12.6 Å². The van der Waals surface area contributed by atoms with Gasteiger partial charge in [0.1, 0.15) is 5.75 Å². The van der Waals surface area contributed by atoms with Crippen molar-refractivity contribution in [3.05, 3.63) is 65.7 Å². The Hall–Kier alpha value is -2.33. The first-order chi connectivity index (χ1) is 12.8. The first-order valence-electron chi connectivity index (χ1n) is 9.64. The van der Waals surface area contributed by atoms with Crippen molar-refractivity contribution in [1.29, 1.82) is 0 Å². The smallest absolute Gasteiger partial charge is 0.119 e. The third-order valence-corrected chi connectivity index (χ3v) is 5.28. The minimum absolute atomic E-state index is 0.267. The summed E-state index contributed by atoms with van der Waals surface area (Å²) in [6, 6.07) is 19.5. The summed E-state index contributed by atoms with van der Waals surface area (Å²) in [5.74, 6) is 1.40. The average molecular weight is 349 g/mol. The van der Waals surface area contributed by atoms with Gasteiger partial charge < -0.3 is 10.2 Å². The van der Waals surface area contributed by atoms with Gasteiger partial charge in [-0.1, -0.05) is 49.4 Å². The van der Waals surface area contributed by atoms with Crippen LogP contribution in [-0.2, 0) is 6.54 Å². The van der Waals surface area contributed by atoms with Crippen molar-refractivity contribution in [2.45, 2.75) is 32.4 Å². The predicted octanol–water partition coefficient (Wildman–Crippen LogP) is 4.00. The molecule has 2 unspecified atom stereocenters. The van der Waals surface area contributed by atoms with Crippen LogP contribution < -0.4 is 10.2 Å². The second-order valence-corrected chi connectivity index (χ2v) is 7.20. The van der Waals surface area contributed by atoms with Crippen molar-refractivity contribution < 1.29 is 4.74 Å².